The second kappa shape index (κ2) is 8.92. The van der Waals surface area contributed by atoms with Crippen LogP contribution in [0.2, 0.25) is 0 Å². The summed E-state index contributed by atoms with van der Waals surface area (Å²) in [4.78, 5) is 6.65. The van der Waals surface area contributed by atoms with E-state index in [1.54, 1.807) is 30.6 Å². The molecular formula is C26H30FN7O2. The van der Waals surface area contributed by atoms with E-state index in [0.717, 1.165) is 49.7 Å². The zero-order valence-corrected chi connectivity index (χ0v) is 20.4. The normalized spacial score (nSPS) is 27.5. The first-order chi connectivity index (χ1) is 17.4. The smallest absolute Gasteiger partial charge is 0.233 e. The fourth-order valence-corrected chi connectivity index (χ4v) is 5.79. The number of methoxy groups -OCH3 is 1. The Hall–Kier alpha value is -3.40. The number of ether oxygens (including phenoxy) is 1. The first kappa shape index (κ1) is 23.0. The average molecular weight is 492 g/mol. The van der Waals surface area contributed by atoms with E-state index in [-0.39, 0.29) is 29.4 Å². The van der Waals surface area contributed by atoms with Gasteiger partial charge in [0.15, 0.2) is 11.6 Å². The largest absolute Gasteiger partial charge is 0.507 e. The standard InChI is InChI=1S/C26H30FN7O2/c1-26-9-3-4-19(30-26)24(27)20(12-26)34(17-6-7-17)22-14-28-25(33-31-22)18-8-5-15(10-21(18)35)16-11-23(36-2)32-29-13-16/h5,8,10-11,13-14,17,19-20,24,30,35H,3-4,6-7,9,12H2,1-2H3/t19-,20-,24+,26-/m1/s1. The summed E-state index contributed by atoms with van der Waals surface area (Å²) in [6, 6.07) is 6.89. The molecule has 4 atom stereocenters. The van der Waals surface area contributed by atoms with Crippen molar-refractivity contribution in [1.29, 1.82) is 0 Å². The molecule has 6 rings (SSSR count). The van der Waals surface area contributed by atoms with Crippen LogP contribution in [0.4, 0.5) is 10.2 Å². The molecule has 0 amide bonds. The minimum absolute atomic E-state index is 0.0276. The van der Waals surface area contributed by atoms with Gasteiger partial charge in [-0.2, -0.15) is 5.10 Å². The zero-order valence-electron chi connectivity index (χ0n) is 20.4. The molecular weight excluding hydrogens is 461 g/mol. The van der Waals surface area contributed by atoms with Crippen LogP contribution in [0.3, 0.4) is 0 Å². The Labute approximate surface area is 209 Å². The Balaban J connectivity index is 1.26. The van der Waals surface area contributed by atoms with E-state index in [9.17, 15) is 5.11 Å². The molecule has 2 saturated heterocycles. The lowest BCUT2D eigenvalue weighted by atomic mass is 9.74. The van der Waals surface area contributed by atoms with Crippen LogP contribution in [0.1, 0.15) is 45.4 Å². The second-order valence-electron chi connectivity index (χ2n) is 10.4. The lowest BCUT2D eigenvalue weighted by molar-refractivity contribution is 0.0584. The minimum Gasteiger partial charge on any atom is -0.507 e. The summed E-state index contributed by atoms with van der Waals surface area (Å²) in [7, 11) is 1.53. The Morgan fingerprint density at radius 1 is 1.11 bits per heavy atom. The van der Waals surface area contributed by atoms with Crippen LogP contribution in [0.5, 0.6) is 11.6 Å². The van der Waals surface area contributed by atoms with Crippen molar-refractivity contribution in [2.75, 3.05) is 12.0 Å². The Bertz CT molecular complexity index is 1260. The van der Waals surface area contributed by atoms with Gasteiger partial charge in [-0.05, 0) is 63.1 Å². The van der Waals surface area contributed by atoms with Crippen LogP contribution in [0.15, 0.2) is 36.7 Å². The number of fused-ring (bicyclic) bond motifs is 2. The van der Waals surface area contributed by atoms with Crippen LogP contribution >= 0.6 is 0 Å². The summed E-state index contributed by atoms with van der Waals surface area (Å²) in [5, 5.41) is 30.9. The van der Waals surface area contributed by atoms with Gasteiger partial charge in [-0.1, -0.05) is 6.07 Å². The third-order valence-corrected chi connectivity index (χ3v) is 7.71. The molecule has 1 saturated carbocycles. The van der Waals surface area contributed by atoms with E-state index < -0.39 is 6.17 Å². The molecule has 0 radical (unpaired) electrons. The van der Waals surface area contributed by atoms with Crippen LogP contribution in [0.25, 0.3) is 22.5 Å². The number of anilines is 1. The maximum absolute atomic E-state index is 15.6. The SMILES string of the molecule is COc1cc(-c2ccc(-c3ncc(N(C4CC4)[C@@H]4C[C@@]5(C)CCC[C@@H](N5)[C@@H]4F)nn3)c(O)c2)cnn1. The highest BCUT2D eigenvalue weighted by atomic mass is 19.1. The van der Waals surface area contributed by atoms with Crippen molar-refractivity contribution >= 4 is 5.82 Å². The van der Waals surface area contributed by atoms with Crippen LogP contribution in [0, 0.1) is 0 Å². The molecule has 188 valence electrons. The summed E-state index contributed by atoms with van der Waals surface area (Å²) < 4.78 is 20.7. The number of aromatic nitrogens is 5. The van der Waals surface area contributed by atoms with E-state index in [4.69, 9.17) is 4.74 Å². The fourth-order valence-electron chi connectivity index (χ4n) is 5.79. The van der Waals surface area contributed by atoms with E-state index >= 15 is 4.39 Å². The van der Waals surface area contributed by atoms with Gasteiger partial charge in [-0.15, -0.1) is 15.3 Å². The number of benzene rings is 1. The summed E-state index contributed by atoms with van der Waals surface area (Å²) in [5.74, 6) is 1.33. The van der Waals surface area contributed by atoms with Gasteiger partial charge in [-0.3, -0.25) is 0 Å². The van der Waals surface area contributed by atoms with Gasteiger partial charge in [0.2, 0.25) is 5.88 Å². The molecule has 2 bridgehead atoms. The summed E-state index contributed by atoms with van der Waals surface area (Å²) >= 11 is 0. The molecule has 2 N–H and O–H groups in total. The number of phenolic OH excluding ortho intramolecular Hbond substituents is 1. The average Bonchev–Trinajstić information content (AvgIpc) is 3.73. The first-order valence-corrected chi connectivity index (χ1v) is 12.5. The molecule has 1 aliphatic carbocycles. The lowest BCUT2D eigenvalue weighted by Crippen LogP contribution is -2.67. The first-order valence-electron chi connectivity index (χ1n) is 12.5. The van der Waals surface area contributed by atoms with Gasteiger partial charge >= 0.3 is 0 Å². The number of hydrogen-bond donors (Lipinski definition) is 2. The van der Waals surface area contributed by atoms with E-state index in [0.29, 0.717) is 23.1 Å². The topological polar surface area (TPSA) is 109 Å². The Kier molecular flexibility index (Phi) is 5.70. The van der Waals surface area contributed by atoms with Gasteiger partial charge in [0, 0.05) is 29.3 Å². The maximum atomic E-state index is 15.6. The van der Waals surface area contributed by atoms with Gasteiger partial charge in [0.05, 0.1) is 31.1 Å². The van der Waals surface area contributed by atoms with Crippen molar-refractivity contribution in [2.45, 2.75) is 75.3 Å². The molecule has 3 fully saturated rings. The number of halogens is 1. The molecule has 9 nitrogen and oxygen atoms in total. The van der Waals surface area contributed by atoms with Gasteiger partial charge in [0.25, 0.3) is 0 Å². The number of nitrogens with one attached hydrogen (secondary N) is 1. The molecule has 0 spiro atoms. The lowest BCUT2D eigenvalue weighted by Gasteiger charge is -2.52. The number of aromatic hydroxyl groups is 1. The molecule has 3 aliphatic rings. The third-order valence-electron chi connectivity index (χ3n) is 7.71. The summed E-state index contributed by atoms with van der Waals surface area (Å²) in [6.07, 6.45) is 8.09. The summed E-state index contributed by atoms with van der Waals surface area (Å²) in [6.45, 7) is 2.21. The molecule has 0 unspecified atom stereocenters. The van der Waals surface area contributed by atoms with E-state index in [2.05, 4.69) is 42.5 Å². The third kappa shape index (κ3) is 4.23. The molecule has 3 aromatic rings. The summed E-state index contributed by atoms with van der Waals surface area (Å²) in [5.41, 5.74) is 1.94. The quantitative estimate of drug-likeness (QED) is 0.533. The molecule has 10 heteroatoms. The van der Waals surface area contributed by atoms with Crippen molar-refractivity contribution in [3.63, 3.8) is 0 Å². The number of phenols is 1. The second-order valence-corrected chi connectivity index (χ2v) is 10.4. The highest BCUT2D eigenvalue weighted by Crippen LogP contribution is 2.42. The van der Waals surface area contributed by atoms with Crippen LogP contribution < -0.4 is 15.0 Å². The molecule has 2 aliphatic heterocycles. The number of nitrogens with zero attached hydrogens (tertiary/aromatic N) is 6. The number of piperidine rings is 2. The molecule has 1 aromatic carbocycles. The fraction of sp³-hybridized carbons (Fsp3) is 0.500. The van der Waals surface area contributed by atoms with Gasteiger partial charge < -0.3 is 20.1 Å². The molecule has 4 heterocycles. The maximum Gasteiger partial charge on any atom is 0.233 e. The predicted molar refractivity (Wildman–Crippen MR) is 132 cm³/mol. The molecule has 2 aromatic heterocycles. The highest BCUT2D eigenvalue weighted by Gasteiger charge is 2.50. The van der Waals surface area contributed by atoms with Crippen molar-refractivity contribution < 1.29 is 14.2 Å². The van der Waals surface area contributed by atoms with Gasteiger partial charge in [0.1, 0.15) is 11.9 Å². The monoisotopic (exact) mass is 491 g/mol. The van der Waals surface area contributed by atoms with Crippen molar-refractivity contribution in [1.82, 2.24) is 30.7 Å². The Morgan fingerprint density at radius 2 is 1.97 bits per heavy atom. The predicted octanol–water partition coefficient (Wildman–Crippen LogP) is 3.69. The Morgan fingerprint density at radius 3 is 2.69 bits per heavy atom. The van der Waals surface area contributed by atoms with E-state index in [1.165, 1.54) is 7.11 Å². The van der Waals surface area contributed by atoms with Crippen molar-refractivity contribution in [3.8, 4) is 34.1 Å². The number of alkyl halides is 1. The van der Waals surface area contributed by atoms with Crippen LogP contribution in [-0.4, -0.2) is 67.4 Å². The number of rotatable bonds is 6. The van der Waals surface area contributed by atoms with Crippen LogP contribution in [-0.2, 0) is 0 Å². The molecule has 36 heavy (non-hydrogen) atoms. The minimum atomic E-state index is -0.960. The van der Waals surface area contributed by atoms with E-state index in [1.807, 2.05) is 6.07 Å². The zero-order chi connectivity index (χ0) is 24.9. The van der Waals surface area contributed by atoms with Crippen molar-refractivity contribution in [2.24, 2.45) is 0 Å². The number of hydrogen-bond acceptors (Lipinski definition) is 9. The highest BCUT2D eigenvalue weighted by molar-refractivity contribution is 5.72. The van der Waals surface area contributed by atoms with Gasteiger partial charge in [-0.25, -0.2) is 9.37 Å². The van der Waals surface area contributed by atoms with Crippen molar-refractivity contribution in [3.05, 3.63) is 36.7 Å².